The molecule has 0 aromatic heterocycles. The number of benzene rings is 2. The van der Waals surface area contributed by atoms with Crippen LogP contribution in [0.1, 0.15) is 11.5 Å². The van der Waals surface area contributed by atoms with E-state index < -0.39 is 29.6 Å². The average molecular weight is 599 g/mol. The molecule has 2 aromatic carbocycles. The Balaban J connectivity index is 1.92. The molecule has 2 atom stereocenters. The van der Waals surface area contributed by atoms with Crippen molar-refractivity contribution >= 4 is 74.4 Å². The van der Waals surface area contributed by atoms with E-state index >= 15 is 0 Å². The Bertz CT molecular complexity index is 1240. The first-order chi connectivity index (χ1) is 16.7. The van der Waals surface area contributed by atoms with E-state index in [0.717, 1.165) is 11.8 Å². The van der Waals surface area contributed by atoms with E-state index in [4.69, 9.17) is 32.7 Å². The molecule has 0 unspecified atom stereocenters. The lowest BCUT2D eigenvalue weighted by atomic mass is 9.78. The summed E-state index contributed by atoms with van der Waals surface area (Å²) in [6.07, 6.45) is 0. The summed E-state index contributed by atoms with van der Waals surface area (Å²) in [7, 11) is 2.67. The van der Waals surface area contributed by atoms with Gasteiger partial charge in [-0.1, -0.05) is 41.0 Å². The Morgan fingerprint density at radius 1 is 1.20 bits per heavy atom. The van der Waals surface area contributed by atoms with Gasteiger partial charge in [0.05, 0.1) is 41.1 Å². The molecule has 182 valence electrons. The van der Waals surface area contributed by atoms with Crippen LogP contribution in [0.25, 0.3) is 0 Å². The van der Waals surface area contributed by atoms with Crippen LogP contribution in [0.4, 0.5) is 5.69 Å². The van der Waals surface area contributed by atoms with Crippen molar-refractivity contribution in [3.63, 3.8) is 0 Å². The van der Waals surface area contributed by atoms with Crippen molar-refractivity contribution in [1.82, 2.24) is 5.32 Å². The van der Waals surface area contributed by atoms with Crippen molar-refractivity contribution in [2.45, 2.75) is 5.92 Å². The van der Waals surface area contributed by atoms with Gasteiger partial charge in [0.1, 0.15) is 11.7 Å². The number of nitrogens with zero attached hydrogens (tertiary/aromatic N) is 1. The number of nitrogens with one attached hydrogen (secondary N) is 2. The molecule has 0 aliphatic carbocycles. The maximum atomic E-state index is 12.9. The van der Waals surface area contributed by atoms with Gasteiger partial charge in [-0.3, -0.25) is 14.4 Å². The normalized spacial score (nSPS) is 17.3. The van der Waals surface area contributed by atoms with Gasteiger partial charge in [-0.25, -0.2) is 0 Å². The van der Waals surface area contributed by atoms with Crippen molar-refractivity contribution < 1.29 is 23.9 Å². The third-order valence-electron chi connectivity index (χ3n) is 5.01. The van der Waals surface area contributed by atoms with E-state index in [0.29, 0.717) is 31.5 Å². The molecule has 2 N–H and O–H groups in total. The molecule has 0 spiro atoms. The standard InChI is InChI=1S/C23H18BrCl2N3O5S/c1-33-17-4-3-11(5-16(17)24)19-15(9-27)22(29-21(31)20(19)23(32)34-2)35-10-18(30)28-14-7-12(25)6-13(26)8-14/h3-8,19-20H,10H2,1-2H3,(H,28,30)(H,29,31)/t19-,20+/m1/s1. The van der Waals surface area contributed by atoms with Crippen LogP contribution < -0.4 is 15.4 Å². The number of hydrogen-bond donors (Lipinski definition) is 2. The highest BCUT2D eigenvalue weighted by molar-refractivity contribution is 9.10. The highest BCUT2D eigenvalue weighted by atomic mass is 79.9. The van der Waals surface area contributed by atoms with Crippen molar-refractivity contribution in [1.29, 1.82) is 5.26 Å². The Hall–Kier alpha value is -2.71. The molecule has 2 amide bonds. The van der Waals surface area contributed by atoms with Gasteiger partial charge in [-0.05, 0) is 51.8 Å². The lowest BCUT2D eigenvalue weighted by Crippen LogP contribution is -2.44. The minimum Gasteiger partial charge on any atom is -0.496 e. The summed E-state index contributed by atoms with van der Waals surface area (Å²) < 4.78 is 10.7. The Labute approximate surface area is 224 Å². The van der Waals surface area contributed by atoms with Crippen LogP contribution in [-0.4, -0.2) is 37.8 Å². The van der Waals surface area contributed by atoms with E-state index in [1.165, 1.54) is 32.4 Å². The fourth-order valence-corrected chi connectivity index (χ4v) is 5.45. The van der Waals surface area contributed by atoms with Crippen molar-refractivity contribution in [3.05, 3.63) is 67.1 Å². The topological polar surface area (TPSA) is 118 Å². The Morgan fingerprint density at radius 2 is 1.89 bits per heavy atom. The Kier molecular flexibility index (Phi) is 9.08. The van der Waals surface area contributed by atoms with E-state index in [9.17, 15) is 19.6 Å². The molecule has 2 aromatic rings. The number of halogens is 3. The fraction of sp³-hybridized carbons (Fsp3) is 0.217. The maximum absolute atomic E-state index is 12.9. The molecule has 1 aliphatic rings. The second kappa shape index (κ2) is 11.8. The number of carbonyl (C=O) groups excluding carboxylic acids is 3. The molecule has 1 aliphatic heterocycles. The third-order valence-corrected chi connectivity index (χ3v) is 7.09. The van der Waals surface area contributed by atoms with Crippen molar-refractivity contribution in [2.75, 3.05) is 25.3 Å². The number of methoxy groups -OCH3 is 2. The monoisotopic (exact) mass is 597 g/mol. The van der Waals surface area contributed by atoms with Gasteiger partial charge >= 0.3 is 5.97 Å². The lowest BCUT2D eigenvalue weighted by molar-refractivity contribution is -0.150. The van der Waals surface area contributed by atoms with Gasteiger partial charge in [0.15, 0.2) is 0 Å². The molecule has 8 nitrogen and oxygen atoms in total. The Morgan fingerprint density at radius 3 is 2.46 bits per heavy atom. The molecule has 0 fully saturated rings. The van der Waals surface area contributed by atoms with E-state index in [2.05, 4.69) is 32.6 Å². The van der Waals surface area contributed by atoms with Gasteiger partial charge in [0.2, 0.25) is 11.8 Å². The molecule has 0 saturated carbocycles. The molecule has 12 heteroatoms. The molecular weight excluding hydrogens is 581 g/mol. The maximum Gasteiger partial charge on any atom is 0.319 e. The predicted octanol–water partition coefficient (Wildman–Crippen LogP) is 4.87. The average Bonchev–Trinajstić information content (AvgIpc) is 2.81. The largest absolute Gasteiger partial charge is 0.496 e. The molecule has 35 heavy (non-hydrogen) atoms. The number of hydrogen-bond acceptors (Lipinski definition) is 7. The lowest BCUT2D eigenvalue weighted by Gasteiger charge is -2.31. The first-order valence-electron chi connectivity index (χ1n) is 9.93. The van der Waals surface area contributed by atoms with Crippen molar-refractivity contribution in [3.8, 4) is 11.8 Å². The van der Waals surface area contributed by atoms with Crippen LogP contribution in [-0.2, 0) is 19.1 Å². The van der Waals surface area contributed by atoms with Gasteiger partial charge in [-0.15, -0.1) is 0 Å². The van der Waals surface area contributed by atoms with Gasteiger partial charge in [0.25, 0.3) is 0 Å². The van der Waals surface area contributed by atoms with E-state index in [-0.39, 0.29) is 16.4 Å². The summed E-state index contributed by atoms with van der Waals surface area (Å²) in [6.45, 7) is 0. The zero-order chi connectivity index (χ0) is 25.7. The number of amides is 2. The summed E-state index contributed by atoms with van der Waals surface area (Å²) in [4.78, 5) is 38.0. The fourth-order valence-electron chi connectivity index (χ4n) is 3.52. The van der Waals surface area contributed by atoms with Crippen LogP contribution in [0.15, 0.2) is 51.5 Å². The molecule has 0 saturated heterocycles. The summed E-state index contributed by atoms with van der Waals surface area (Å²) in [5.74, 6) is -3.65. The minimum atomic E-state index is -1.29. The van der Waals surface area contributed by atoms with Crippen LogP contribution in [0.5, 0.6) is 5.75 Å². The smallest absolute Gasteiger partial charge is 0.319 e. The second-order valence-corrected chi connectivity index (χ2v) is 9.92. The third kappa shape index (κ3) is 6.30. The summed E-state index contributed by atoms with van der Waals surface area (Å²) in [5, 5.41) is 16.1. The number of thioether (sulfide) groups is 1. The van der Waals surface area contributed by atoms with Crippen molar-refractivity contribution in [2.24, 2.45) is 5.92 Å². The zero-order valence-corrected chi connectivity index (χ0v) is 22.3. The van der Waals surface area contributed by atoms with Crippen LogP contribution >= 0.6 is 50.9 Å². The second-order valence-electron chi connectivity index (χ2n) is 7.21. The number of carbonyl (C=O) groups is 3. The molecule has 3 rings (SSSR count). The number of esters is 1. The highest BCUT2D eigenvalue weighted by Gasteiger charge is 2.44. The zero-order valence-electron chi connectivity index (χ0n) is 18.4. The number of allylic oxidation sites excluding steroid dienone is 1. The van der Waals surface area contributed by atoms with Crippen LogP contribution in [0.3, 0.4) is 0 Å². The summed E-state index contributed by atoms with van der Waals surface area (Å²) in [5.41, 5.74) is 1.05. The molecule has 1 heterocycles. The minimum absolute atomic E-state index is 0.126. The van der Waals surface area contributed by atoms with Crippen LogP contribution in [0.2, 0.25) is 10.0 Å². The summed E-state index contributed by atoms with van der Waals surface area (Å²) >= 11 is 16.3. The van der Waals surface area contributed by atoms with E-state index in [1.54, 1.807) is 18.2 Å². The molecule has 0 bridgehead atoms. The number of nitriles is 1. The first-order valence-corrected chi connectivity index (χ1v) is 12.5. The summed E-state index contributed by atoms with van der Waals surface area (Å²) in [6, 6.07) is 11.7. The van der Waals surface area contributed by atoms with Gasteiger partial charge in [0, 0.05) is 21.7 Å². The predicted molar refractivity (Wildman–Crippen MR) is 137 cm³/mol. The highest BCUT2D eigenvalue weighted by Crippen LogP contribution is 2.42. The van der Waals surface area contributed by atoms with E-state index in [1.807, 2.05) is 0 Å². The quantitative estimate of drug-likeness (QED) is 0.345. The number of rotatable bonds is 7. The first kappa shape index (κ1) is 26.9. The molecular formula is C23H18BrCl2N3O5S. The van der Waals surface area contributed by atoms with Gasteiger partial charge < -0.3 is 20.1 Å². The molecule has 0 radical (unpaired) electrons. The number of anilines is 1. The SMILES string of the molecule is COC(=O)[C@@H]1C(=O)NC(SCC(=O)Nc2cc(Cl)cc(Cl)c2)=C(C#N)[C@H]1c1ccc(OC)c(Br)c1. The van der Waals surface area contributed by atoms with Crippen LogP contribution in [0, 0.1) is 17.2 Å². The van der Waals surface area contributed by atoms with Gasteiger partial charge in [-0.2, -0.15) is 5.26 Å². The number of ether oxygens (including phenoxy) is 2.